The first-order valence-corrected chi connectivity index (χ1v) is 6.57. The fourth-order valence-electron chi connectivity index (χ4n) is 1.96. The SMILES string of the molecule is Cl.NC(CCO)c1ccc(OCc2ccccc2)cc1O. The van der Waals surface area contributed by atoms with E-state index in [9.17, 15) is 5.11 Å². The Hall–Kier alpha value is -1.75. The number of halogens is 1. The summed E-state index contributed by atoms with van der Waals surface area (Å²) in [5, 5.41) is 18.8. The largest absolute Gasteiger partial charge is 0.507 e. The first kappa shape index (κ1) is 17.3. The van der Waals surface area contributed by atoms with Crippen LogP contribution < -0.4 is 10.5 Å². The lowest BCUT2D eigenvalue weighted by Gasteiger charge is -2.14. The Morgan fingerprint density at radius 3 is 2.43 bits per heavy atom. The zero-order valence-corrected chi connectivity index (χ0v) is 12.4. The molecule has 0 radical (unpaired) electrons. The van der Waals surface area contributed by atoms with Gasteiger partial charge in [0, 0.05) is 24.3 Å². The summed E-state index contributed by atoms with van der Waals surface area (Å²) >= 11 is 0. The average molecular weight is 310 g/mol. The Morgan fingerprint density at radius 2 is 1.81 bits per heavy atom. The van der Waals surface area contributed by atoms with Crippen molar-refractivity contribution in [2.45, 2.75) is 19.1 Å². The molecule has 21 heavy (non-hydrogen) atoms. The maximum absolute atomic E-state index is 9.94. The molecule has 1 atom stereocenters. The van der Waals surface area contributed by atoms with E-state index in [-0.39, 0.29) is 30.8 Å². The van der Waals surface area contributed by atoms with Crippen LogP contribution in [0.3, 0.4) is 0 Å². The molecule has 0 aliphatic carbocycles. The fraction of sp³-hybridized carbons (Fsp3) is 0.250. The third kappa shape index (κ3) is 4.93. The summed E-state index contributed by atoms with van der Waals surface area (Å²) in [6.07, 6.45) is 0.414. The van der Waals surface area contributed by atoms with E-state index in [1.807, 2.05) is 30.3 Å². The maximum Gasteiger partial charge on any atom is 0.124 e. The monoisotopic (exact) mass is 309 g/mol. The van der Waals surface area contributed by atoms with Crippen molar-refractivity contribution in [1.82, 2.24) is 0 Å². The molecule has 0 aliphatic heterocycles. The van der Waals surface area contributed by atoms with Crippen molar-refractivity contribution in [1.29, 1.82) is 0 Å². The second-order valence-corrected chi connectivity index (χ2v) is 4.61. The van der Waals surface area contributed by atoms with Crippen molar-refractivity contribution in [2.75, 3.05) is 6.61 Å². The van der Waals surface area contributed by atoms with Crippen LogP contribution in [0.1, 0.15) is 23.6 Å². The number of phenolic OH excluding ortho intramolecular Hbond substituents is 1. The van der Waals surface area contributed by atoms with Gasteiger partial charge in [0.05, 0.1) is 0 Å². The number of benzene rings is 2. The second kappa shape index (κ2) is 8.52. The summed E-state index contributed by atoms with van der Waals surface area (Å²) in [7, 11) is 0. The lowest BCUT2D eigenvalue weighted by Crippen LogP contribution is -2.12. The minimum Gasteiger partial charge on any atom is -0.507 e. The minimum absolute atomic E-state index is 0. The highest BCUT2D eigenvalue weighted by Crippen LogP contribution is 2.29. The lowest BCUT2D eigenvalue weighted by atomic mass is 10.0. The molecule has 114 valence electrons. The van der Waals surface area contributed by atoms with Crippen LogP contribution in [0.4, 0.5) is 0 Å². The molecule has 0 spiro atoms. The second-order valence-electron chi connectivity index (χ2n) is 4.61. The summed E-state index contributed by atoms with van der Waals surface area (Å²) in [6, 6.07) is 14.5. The molecule has 4 N–H and O–H groups in total. The van der Waals surface area contributed by atoms with Gasteiger partial charge < -0.3 is 20.7 Å². The van der Waals surface area contributed by atoms with Crippen molar-refractivity contribution in [3.8, 4) is 11.5 Å². The van der Waals surface area contributed by atoms with Gasteiger partial charge in [-0.1, -0.05) is 36.4 Å². The van der Waals surface area contributed by atoms with Gasteiger partial charge in [-0.25, -0.2) is 0 Å². The summed E-state index contributed by atoms with van der Waals surface area (Å²) < 4.78 is 5.62. The van der Waals surface area contributed by atoms with Crippen LogP contribution in [0.25, 0.3) is 0 Å². The van der Waals surface area contributed by atoms with Gasteiger partial charge in [0.15, 0.2) is 0 Å². The Bertz CT molecular complexity index is 548. The van der Waals surface area contributed by atoms with E-state index in [0.717, 1.165) is 5.56 Å². The van der Waals surface area contributed by atoms with Gasteiger partial charge in [0.1, 0.15) is 18.1 Å². The van der Waals surface area contributed by atoms with E-state index in [1.165, 1.54) is 0 Å². The number of nitrogens with two attached hydrogens (primary N) is 1. The third-order valence-corrected chi connectivity index (χ3v) is 3.09. The van der Waals surface area contributed by atoms with Gasteiger partial charge in [-0.05, 0) is 18.1 Å². The summed E-state index contributed by atoms with van der Waals surface area (Å²) in [4.78, 5) is 0. The molecule has 0 saturated carbocycles. The first-order chi connectivity index (χ1) is 9.70. The average Bonchev–Trinajstić information content (AvgIpc) is 2.46. The topological polar surface area (TPSA) is 75.7 Å². The Labute approximate surface area is 130 Å². The first-order valence-electron chi connectivity index (χ1n) is 6.57. The van der Waals surface area contributed by atoms with E-state index < -0.39 is 0 Å². The lowest BCUT2D eigenvalue weighted by molar-refractivity contribution is 0.275. The number of ether oxygens (including phenoxy) is 1. The number of rotatable bonds is 6. The molecule has 2 aromatic carbocycles. The highest BCUT2D eigenvalue weighted by molar-refractivity contribution is 5.85. The molecule has 0 amide bonds. The van der Waals surface area contributed by atoms with Crippen molar-refractivity contribution in [2.24, 2.45) is 5.73 Å². The summed E-state index contributed by atoms with van der Waals surface area (Å²) in [5.74, 6) is 0.683. The molecule has 0 saturated heterocycles. The third-order valence-electron chi connectivity index (χ3n) is 3.09. The zero-order valence-electron chi connectivity index (χ0n) is 11.6. The highest BCUT2D eigenvalue weighted by atomic mass is 35.5. The smallest absolute Gasteiger partial charge is 0.124 e. The molecular formula is C16H20ClNO3. The van der Waals surface area contributed by atoms with Gasteiger partial charge in [-0.15, -0.1) is 12.4 Å². The van der Waals surface area contributed by atoms with Crippen molar-refractivity contribution < 1.29 is 14.9 Å². The standard InChI is InChI=1S/C16H19NO3.ClH/c17-15(8-9-18)14-7-6-13(10-16(14)19)20-11-12-4-2-1-3-5-12;/h1-7,10,15,18-19H,8-9,11,17H2;1H. The maximum atomic E-state index is 9.94. The number of aliphatic hydroxyl groups is 1. The predicted molar refractivity (Wildman–Crippen MR) is 84.8 cm³/mol. The molecule has 5 heteroatoms. The molecule has 0 fully saturated rings. The van der Waals surface area contributed by atoms with Gasteiger partial charge in [-0.2, -0.15) is 0 Å². The molecule has 1 unspecified atom stereocenters. The molecule has 2 rings (SSSR count). The fourth-order valence-corrected chi connectivity index (χ4v) is 1.96. The molecule has 0 bridgehead atoms. The van der Waals surface area contributed by atoms with E-state index >= 15 is 0 Å². The van der Waals surface area contributed by atoms with Gasteiger partial charge >= 0.3 is 0 Å². The molecule has 4 nitrogen and oxygen atoms in total. The van der Waals surface area contributed by atoms with E-state index in [2.05, 4.69) is 0 Å². The van der Waals surface area contributed by atoms with E-state index in [1.54, 1.807) is 18.2 Å². The quantitative estimate of drug-likeness (QED) is 0.767. The van der Waals surface area contributed by atoms with E-state index in [0.29, 0.717) is 24.3 Å². The normalized spacial score (nSPS) is 11.5. The molecule has 0 aliphatic rings. The zero-order chi connectivity index (χ0) is 14.4. The Balaban J connectivity index is 0.00000220. The Kier molecular flexibility index (Phi) is 7.02. The molecular weight excluding hydrogens is 290 g/mol. The predicted octanol–water partition coefficient (Wildman–Crippen LogP) is 2.78. The van der Waals surface area contributed by atoms with Crippen LogP contribution in [0, 0.1) is 0 Å². The number of hydrogen-bond donors (Lipinski definition) is 3. The van der Waals surface area contributed by atoms with Crippen LogP contribution in [-0.4, -0.2) is 16.8 Å². The van der Waals surface area contributed by atoms with E-state index in [4.69, 9.17) is 15.6 Å². The number of phenols is 1. The number of hydrogen-bond acceptors (Lipinski definition) is 4. The van der Waals surface area contributed by atoms with Gasteiger partial charge in [-0.3, -0.25) is 0 Å². The van der Waals surface area contributed by atoms with Crippen LogP contribution in [-0.2, 0) is 6.61 Å². The van der Waals surface area contributed by atoms with Crippen LogP contribution in [0.15, 0.2) is 48.5 Å². The van der Waals surface area contributed by atoms with Crippen molar-refractivity contribution >= 4 is 12.4 Å². The number of aliphatic hydroxyl groups excluding tert-OH is 1. The molecule has 2 aromatic rings. The van der Waals surface area contributed by atoms with Crippen LogP contribution in [0.5, 0.6) is 11.5 Å². The Morgan fingerprint density at radius 1 is 1.10 bits per heavy atom. The van der Waals surface area contributed by atoms with Gasteiger partial charge in [0.25, 0.3) is 0 Å². The molecule has 0 heterocycles. The van der Waals surface area contributed by atoms with Crippen molar-refractivity contribution in [3.05, 3.63) is 59.7 Å². The highest BCUT2D eigenvalue weighted by Gasteiger charge is 2.11. The van der Waals surface area contributed by atoms with Crippen LogP contribution in [0.2, 0.25) is 0 Å². The summed E-state index contributed by atoms with van der Waals surface area (Å²) in [6.45, 7) is 0.440. The van der Waals surface area contributed by atoms with Crippen molar-refractivity contribution in [3.63, 3.8) is 0 Å². The van der Waals surface area contributed by atoms with Gasteiger partial charge in [0.2, 0.25) is 0 Å². The van der Waals surface area contributed by atoms with Crippen LogP contribution >= 0.6 is 12.4 Å². The molecule has 0 aromatic heterocycles. The summed E-state index contributed by atoms with van der Waals surface area (Å²) in [5.41, 5.74) is 7.54. The minimum atomic E-state index is -0.372. The number of aromatic hydroxyl groups is 1.